The second-order valence-electron chi connectivity index (χ2n) is 8.49. The molecule has 0 atom stereocenters. The number of aryl methyl sites for hydroxylation is 1. The number of nitrogens with one attached hydrogen (secondary N) is 1. The summed E-state index contributed by atoms with van der Waals surface area (Å²) in [6.07, 6.45) is -1.28. The molecule has 7 nitrogen and oxygen atoms in total. The lowest BCUT2D eigenvalue weighted by molar-refractivity contribution is -0.136. The van der Waals surface area contributed by atoms with Crippen LogP contribution in [0.2, 0.25) is 10.0 Å². The summed E-state index contributed by atoms with van der Waals surface area (Å²) in [6, 6.07) is 7.86. The number of hydrogen-bond acceptors (Lipinski definition) is 4. The van der Waals surface area contributed by atoms with E-state index in [-0.39, 0.29) is 35.0 Å². The molecular formula is C23H19Cl2F3N6O. The van der Waals surface area contributed by atoms with Gasteiger partial charge in [-0.2, -0.15) is 23.4 Å². The molecule has 0 bridgehead atoms. The zero-order valence-corrected chi connectivity index (χ0v) is 19.9. The normalized spacial score (nSPS) is 14.0. The fourth-order valence-corrected chi connectivity index (χ4v) is 4.42. The molecule has 0 unspecified atom stereocenters. The summed E-state index contributed by atoms with van der Waals surface area (Å²) in [5.74, 6) is -0.191. The van der Waals surface area contributed by atoms with E-state index in [1.807, 2.05) is 0 Å². The number of alkyl halides is 3. The lowest BCUT2D eigenvalue weighted by Gasteiger charge is -2.11. The van der Waals surface area contributed by atoms with Crippen molar-refractivity contribution in [2.24, 2.45) is 0 Å². The van der Waals surface area contributed by atoms with E-state index in [9.17, 15) is 18.0 Å². The summed E-state index contributed by atoms with van der Waals surface area (Å²) in [5, 5.41) is 12.1. The third kappa shape index (κ3) is 4.99. The van der Waals surface area contributed by atoms with Gasteiger partial charge in [-0.15, -0.1) is 0 Å². The molecule has 1 aliphatic carbocycles. The van der Waals surface area contributed by atoms with Crippen LogP contribution in [0.5, 0.6) is 0 Å². The quantitative estimate of drug-likeness (QED) is 0.345. The topological polar surface area (TPSA) is 77.6 Å². The van der Waals surface area contributed by atoms with Gasteiger partial charge in [-0.25, -0.2) is 9.67 Å². The molecule has 12 heteroatoms. The first-order valence-electron chi connectivity index (χ1n) is 10.8. The van der Waals surface area contributed by atoms with Gasteiger partial charge >= 0.3 is 6.18 Å². The number of halogens is 5. The van der Waals surface area contributed by atoms with Crippen molar-refractivity contribution in [1.29, 1.82) is 0 Å². The summed E-state index contributed by atoms with van der Waals surface area (Å²) in [4.78, 5) is 17.1. The molecule has 0 radical (unpaired) electrons. The monoisotopic (exact) mass is 522 g/mol. The molecular weight excluding hydrogens is 504 g/mol. The molecule has 1 N–H and O–H groups in total. The fourth-order valence-electron chi connectivity index (χ4n) is 3.95. The molecule has 3 aromatic heterocycles. The van der Waals surface area contributed by atoms with Crippen molar-refractivity contribution in [1.82, 2.24) is 24.5 Å². The van der Waals surface area contributed by atoms with E-state index in [1.165, 1.54) is 11.6 Å². The van der Waals surface area contributed by atoms with Crippen LogP contribution in [0.25, 0.3) is 11.0 Å². The highest BCUT2D eigenvalue weighted by atomic mass is 35.5. The number of amides is 1. The summed E-state index contributed by atoms with van der Waals surface area (Å²) >= 11 is 12.1. The highest BCUT2D eigenvalue weighted by Crippen LogP contribution is 2.43. The number of carbonyl (C=O) groups is 1. The number of hydrogen-bond donors (Lipinski definition) is 1. The molecule has 1 aromatic carbocycles. The van der Waals surface area contributed by atoms with Crippen LogP contribution in [-0.4, -0.2) is 30.5 Å². The zero-order valence-electron chi connectivity index (χ0n) is 18.4. The molecule has 3 heterocycles. The summed E-state index contributed by atoms with van der Waals surface area (Å²) in [6.45, 7) is 1.54. The van der Waals surface area contributed by atoms with E-state index in [1.54, 1.807) is 35.1 Å². The largest absolute Gasteiger partial charge is 0.417 e. The number of nitrogens with zero attached hydrogens (tertiary/aromatic N) is 5. The number of rotatable bonds is 6. The van der Waals surface area contributed by atoms with Gasteiger partial charge in [0.15, 0.2) is 11.5 Å². The first-order chi connectivity index (χ1) is 16.6. The number of pyridine rings is 1. The third-order valence-electron chi connectivity index (χ3n) is 5.75. The maximum atomic E-state index is 13.8. The smallest absolute Gasteiger partial charge is 0.308 e. The van der Waals surface area contributed by atoms with Crippen LogP contribution in [0, 0.1) is 6.92 Å². The van der Waals surface area contributed by atoms with Crippen molar-refractivity contribution < 1.29 is 18.0 Å². The Labute approximate surface area is 207 Å². The Morgan fingerprint density at radius 3 is 2.63 bits per heavy atom. The Bertz CT molecular complexity index is 1440. The van der Waals surface area contributed by atoms with Gasteiger partial charge in [0.2, 0.25) is 5.91 Å². The van der Waals surface area contributed by atoms with Crippen molar-refractivity contribution in [3.8, 4) is 0 Å². The minimum atomic E-state index is -4.55. The first kappa shape index (κ1) is 23.6. The van der Waals surface area contributed by atoms with E-state index in [0.29, 0.717) is 22.3 Å². The lowest BCUT2D eigenvalue weighted by Crippen LogP contribution is -2.20. The van der Waals surface area contributed by atoms with Crippen LogP contribution in [0.4, 0.5) is 19.0 Å². The Morgan fingerprint density at radius 2 is 1.94 bits per heavy atom. The van der Waals surface area contributed by atoms with Crippen LogP contribution < -0.4 is 5.32 Å². The van der Waals surface area contributed by atoms with Crippen LogP contribution in [-0.2, 0) is 24.1 Å². The zero-order chi connectivity index (χ0) is 24.9. The first-order valence-corrected chi connectivity index (χ1v) is 11.6. The second-order valence-corrected chi connectivity index (χ2v) is 9.33. The highest BCUT2D eigenvalue weighted by Gasteiger charge is 2.37. The summed E-state index contributed by atoms with van der Waals surface area (Å²) in [7, 11) is 0. The van der Waals surface area contributed by atoms with E-state index < -0.39 is 17.6 Å². The fraction of sp³-hybridized carbons (Fsp3) is 0.304. The van der Waals surface area contributed by atoms with Gasteiger partial charge < -0.3 is 5.32 Å². The number of fused-ring (bicyclic) bond motifs is 1. The van der Waals surface area contributed by atoms with Crippen LogP contribution in [0.15, 0.2) is 36.5 Å². The van der Waals surface area contributed by atoms with Crippen LogP contribution in [0.3, 0.4) is 0 Å². The van der Waals surface area contributed by atoms with E-state index in [4.69, 9.17) is 23.2 Å². The highest BCUT2D eigenvalue weighted by molar-refractivity contribution is 6.35. The van der Waals surface area contributed by atoms with Gasteiger partial charge in [-0.3, -0.25) is 9.48 Å². The van der Waals surface area contributed by atoms with Gasteiger partial charge in [0.05, 0.1) is 23.2 Å². The molecule has 1 fully saturated rings. The maximum absolute atomic E-state index is 13.8. The average molecular weight is 523 g/mol. The van der Waals surface area contributed by atoms with Crippen molar-refractivity contribution in [3.05, 3.63) is 69.1 Å². The Hall–Kier alpha value is -3.11. The lowest BCUT2D eigenvalue weighted by atomic mass is 10.1. The van der Waals surface area contributed by atoms with Gasteiger partial charge in [0.1, 0.15) is 6.54 Å². The second kappa shape index (κ2) is 8.83. The number of benzene rings is 1. The molecule has 0 aliphatic heterocycles. The maximum Gasteiger partial charge on any atom is 0.417 e. The average Bonchev–Trinajstić information content (AvgIpc) is 3.47. The van der Waals surface area contributed by atoms with Crippen LogP contribution in [0.1, 0.15) is 41.3 Å². The van der Waals surface area contributed by atoms with E-state index >= 15 is 0 Å². The molecule has 1 amide bonds. The molecule has 5 rings (SSSR count). The van der Waals surface area contributed by atoms with Crippen molar-refractivity contribution in [3.63, 3.8) is 0 Å². The van der Waals surface area contributed by atoms with E-state index in [0.717, 1.165) is 24.5 Å². The molecule has 182 valence electrons. The van der Waals surface area contributed by atoms with Gasteiger partial charge in [0.25, 0.3) is 0 Å². The number of aromatic nitrogens is 5. The van der Waals surface area contributed by atoms with Crippen molar-refractivity contribution >= 4 is 46.0 Å². The molecule has 0 saturated heterocycles. The number of anilines is 1. The summed E-state index contributed by atoms with van der Waals surface area (Å²) in [5.41, 5.74) is 0.629. The van der Waals surface area contributed by atoms with E-state index in [2.05, 4.69) is 20.5 Å². The minimum Gasteiger partial charge on any atom is -0.308 e. The predicted octanol–water partition coefficient (Wildman–Crippen LogP) is 5.83. The van der Waals surface area contributed by atoms with Gasteiger partial charge in [-0.1, -0.05) is 29.3 Å². The third-order valence-corrected chi connectivity index (χ3v) is 6.33. The summed E-state index contributed by atoms with van der Waals surface area (Å²) < 4.78 is 44.1. The van der Waals surface area contributed by atoms with Crippen molar-refractivity contribution in [2.75, 3.05) is 5.32 Å². The Morgan fingerprint density at radius 1 is 1.17 bits per heavy atom. The molecule has 35 heavy (non-hydrogen) atoms. The SMILES string of the molecule is Cc1nn(CC(=O)Nc2ccn(Cc3ccc(Cl)cc3Cl)n2)c2nc(C3CC3)cc(C(F)(F)F)c12. The molecule has 1 aliphatic rings. The Balaban J connectivity index is 1.35. The van der Waals surface area contributed by atoms with Crippen LogP contribution >= 0.6 is 23.2 Å². The van der Waals surface area contributed by atoms with Gasteiger partial charge in [0, 0.05) is 33.9 Å². The molecule has 4 aromatic rings. The molecule has 1 saturated carbocycles. The number of carbonyl (C=O) groups excluding carboxylic acids is 1. The Kier molecular flexibility index (Phi) is 5.96. The minimum absolute atomic E-state index is 0.0103. The molecule has 0 spiro atoms. The predicted molar refractivity (Wildman–Crippen MR) is 126 cm³/mol. The van der Waals surface area contributed by atoms with Crippen molar-refractivity contribution in [2.45, 2.75) is 44.9 Å². The van der Waals surface area contributed by atoms with Gasteiger partial charge in [-0.05, 0) is 43.5 Å². The standard InChI is InChI=1S/C23H19Cl2F3N6O/c1-12-21-16(23(26,27)28)9-18(13-2-3-13)29-22(21)34(31-12)11-20(35)30-19-6-7-33(32-19)10-14-4-5-15(24)8-17(14)25/h4-9,13H,2-3,10-11H2,1H3,(H,30,32,35).